The molecule has 1 aromatic heterocycles. The Labute approximate surface area is 122 Å². The van der Waals surface area contributed by atoms with Crippen LogP contribution in [0.4, 0.5) is 5.82 Å². The lowest BCUT2D eigenvalue weighted by atomic mass is 9.63. The largest absolute Gasteiger partial charge is 0.366 e. The van der Waals surface area contributed by atoms with E-state index in [2.05, 4.69) is 44.1 Å². The Balaban J connectivity index is 2.22. The highest BCUT2D eigenvalue weighted by Gasteiger charge is 2.38. The summed E-state index contributed by atoms with van der Waals surface area (Å²) in [6.45, 7) is 11.3. The molecule has 1 aromatic rings. The zero-order valence-electron chi connectivity index (χ0n) is 13.2. The Bertz CT molecular complexity index is 522. The number of nitrogens with zero attached hydrogens (tertiary/aromatic N) is 2. The van der Waals surface area contributed by atoms with E-state index >= 15 is 0 Å². The van der Waals surface area contributed by atoms with Gasteiger partial charge >= 0.3 is 0 Å². The normalized spacial score (nSPS) is 21.2. The van der Waals surface area contributed by atoms with E-state index in [-0.39, 0.29) is 0 Å². The molecule has 1 fully saturated rings. The summed E-state index contributed by atoms with van der Waals surface area (Å²) < 4.78 is 0. The van der Waals surface area contributed by atoms with E-state index in [4.69, 9.17) is 0 Å². The fourth-order valence-electron chi connectivity index (χ4n) is 3.90. The minimum absolute atomic E-state index is 0.329. The summed E-state index contributed by atoms with van der Waals surface area (Å²) in [5.74, 6) is 0.742. The molecule has 0 saturated heterocycles. The van der Waals surface area contributed by atoms with Gasteiger partial charge in [-0.2, -0.15) is 5.26 Å². The van der Waals surface area contributed by atoms with E-state index < -0.39 is 0 Å². The predicted molar refractivity (Wildman–Crippen MR) is 82.5 cm³/mol. The molecule has 0 atom stereocenters. The van der Waals surface area contributed by atoms with Crippen molar-refractivity contribution in [1.29, 1.82) is 5.26 Å². The van der Waals surface area contributed by atoms with E-state index in [1.165, 1.54) is 6.42 Å². The first-order valence-corrected chi connectivity index (χ1v) is 7.35. The van der Waals surface area contributed by atoms with Gasteiger partial charge in [-0.1, -0.05) is 27.7 Å². The van der Waals surface area contributed by atoms with Gasteiger partial charge in [0.25, 0.3) is 0 Å². The molecule has 1 heterocycles. The van der Waals surface area contributed by atoms with E-state index in [0.29, 0.717) is 22.4 Å². The molecule has 0 bridgehead atoms. The van der Waals surface area contributed by atoms with Crippen LogP contribution in [-0.4, -0.2) is 11.0 Å². The summed E-state index contributed by atoms with van der Waals surface area (Å²) in [6, 6.07) is 6.35. The highest BCUT2D eigenvalue weighted by molar-refractivity contribution is 5.52. The Morgan fingerprint density at radius 1 is 1.20 bits per heavy atom. The van der Waals surface area contributed by atoms with Gasteiger partial charge in [0.15, 0.2) is 0 Å². The van der Waals surface area contributed by atoms with Crippen molar-refractivity contribution in [3.8, 4) is 6.07 Å². The van der Waals surface area contributed by atoms with Crippen molar-refractivity contribution < 1.29 is 0 Å². The molecular formula is C17H25N3. The average molecular weight is 271 g/mol. The second kappa shape index (κ2) is 5.09. The minimum atomic E-state index is 0.329. The van der Waals surface area contributed by atoms with Crippen LogP contribution >= 0.6 is 0 Å². The first kappa shape index (κ1) is 14.8. The molecule has 1 N–H and O–H groups in total. The number of nitriles is 1. The molecule has 0 spiro atoms. The summed E-state index contributed by atoms with van der Waals surface area (Å²) in [6.07, 6.45) is 3.48. The monoisotopic (exact) mass is 271 g/mol. The highest BCUT2D eigenvalue weighted by atomic mass is 15.0. The van der Waals surface area contributed by atoms with E-state index in [9.17, 15) is 5.26 Å². The predicted octanol–water partition coefficient (Wildman–Crippen LogP) is 4.28. The van der Waals surface area contributed by atoms with Crippen LogP contribution in [0, 0.1) is 29.1 Å². The number of aryl methyl sites for hydroxylation is 1. The Hall–Kier alpha value is -1.56. The fraction of sp³-hybridized carbons (Fsp3) is 0.647. The third-order valence-corrected chi connectivity index (χ3v) is 4.05. The minimum Gasteiger partial charge on any atom is -0.366 e. The van der Waals surface area contributed by atoms with Crippen molar-refractivity contribution in [2.24, 2.45) is 10.8 Å². The fourth-order valence-corrected chi connectivity index (χ4v) is 3.90. The van der Waals surface area contributed by atoms with Crippen LogP contribution in [0.1, 0.15) is 58.2 Å². The van der Waals surface area contributed by atoms with Crippen LogP contribution in [0.15, 0.2) is 12.1 Å². The van der Waals surface area contributed by atoms with Gasteiger partial charge in [-0.05, 0) is 49.1 Å². The molecular weight excluding hydrogens is 246 g/mol. The van der Waals surface area contributed by atoms with Gasteiger partial charge in [-0.15, -0.1) is 0 Å². The van der Waals surface area contributed by atoms with Crippen LogP contribution in [0.25, 0.3) is 0 Å². The molecule has 1 saturated carbocycles. The number of aromatic nitrogens is 1. The first-order chi connectivity index (χ1) is 9.21. The molecule has 0 aliphatic heterocycles. The lowest BCUT2D eigenvalue weighted by molar-refractivity contribution is 0.105. The van der Waals surface area contributed by atoms with Crippen LogP contribution in [0.2, 0.25) is 0 Å². The summed E-state index contributed by atoms with van der Waals surface area (Å²) in [4.78, 5) is 4.50. The SMILES string of the molecule is Cc1ccc(C#N)c(NC2CC(C)(C)CC(C)(C)C2)n1. The molecule has 20 heavy (non-hydrogen) atoms. The third kappa shape index (κ3) is 3.50. The van der Waals surface area contributed by atoms with E-state index in [0.717, 1.165) is 24.4 Å². The first-order valence-electron chi connectivity index (χ1n) is 7.35. The smallest absolute Gasteiger partial charge is 0.144 e. The Kier molecular flexibility index (Phi) is 3.77. The molecule has 108 valence electrons. The summed E-state index contributed by atoms with van der Waals surface area (Å²) in [7, 11) is 0. The summed E-state index contributed by atoms with van der Waals surface area (Å²) in [5, 5.41) is 12.7. The second-order valence-electron chi connectivity index (χ2n) is 7.72. The van der Waals surface area contributed by atoms with Gasteiger partial charge in [0, 0.05) is 11.7 Å². The van der Waals surface area contributed by atoms with Crippen LogP contribution in [0.3, 0.4) is 0 Å². The zero-order chi connectivity index (χ0) is 15.0. The van der Waals surface area contributed by atoms with Crippen LogP contribution in [-0.2, 0) is 0 Å². The molecule has 0 radical (unpaired) electrons. The molecule has 0 unspecified atom stereocenters. The maximum absolute atomic E-state index is 9.21. The maximum Gasteiger partial charge on any atom is 0.144 e. The van der Waals surface area contributed by atoms with Gasteiger partial charge < -0.3 is 5.32 Å². The van der Waals surface area contributed by atoms with Gasteiger partial charge in [-0.25, -0.2) is 4.98 Å². The molecule has 3 nitrogen and oxygen atoms in total. The van der Waals surface area contributed by atoms with Gasteiger partial charge in [0.2, 0.25) is 0 Å². The van der Waals surface area contributed by atoms with E-state index in [1.54, 1.807) is 0 Å². The molecule has 1 aliphatic rings. The molecule has 0 amide bonds. The number of hydrogen-bond acceptors (Lipinski definition) is 3. The highest BCUT2D eigenvalue weighted by Crippen LogP contribution is 2.46. The number of pyridine rings is 1. The number of anilines is 1. The van der Waals surface area contributed by atoms with Gasteiger partial charge in [0.05, 0.1) is 5.56 Å². The van der Waals surface area contributed by atoms with E-state index in [1.807, 2.05) is 19.1 Å². The molecule has 1 aliphatic carbocycles. The lowest BCUT2D eigenvalue weighted by Crippen LogP contribution is -2.40. The van der Waals surface area contributed by atoms with Crippen molar-refractivity contribution in [2.75, 3.05) is 5.32 Å². The summed E-state index contributed by atoms with van der Waals surface area (Å²) >= 11 is 0. The quantitative estimate of drug-likeness (QED) is 0.873. The zero-order valence-corrected chi connectivity index (χ0v) is 13.2. The second-order valence-corrected chi connectivity index (χ2v) is 7.72. The standard InChI is InChI=1S/C17H25N3/c1-12-6-7-13(10-18)15(19-12)20-14-8-16(2,3)11-17(4,5)9-14/h6-7,14H,8-9,11H2,1-5H3,(H,19,20). The number of hydrogen-bond donors (Lipinski definition) is 1. The van der Waals surface area contributed by atoms with Crippen molar-refractivity contribution in [1.82, 2.24) is 4.98 Å². The molecule has 0 aromatic carbocycles. The average Bonchev–Trinajstić information content (AvgIpc) is 2.24. The molecule has 3 heteroatoms. The van der Waals surface area contributed by atoms with Crippen molar-refractivity contribution in [3.63, 3.8) is 0 Å². The van der Waals surface area contributed by atoms with Crippen LogP contribution in [0.5, 0.6) is 0 Å². The van der Waals surface area contributed by atoms with Crippen molar-refractivity contribution >= 4 is 5.82 Å². The van der Waals surface area contributed by atoms with Crippen LogP contribution < -0.4 is 5.32 Å². The number of rotatable bonds is 2. The van der Waals surface area contributed by atoms with Gasteiger partial charge in [-0.3, -0.25) is 0 Å². The van der Waals surface area contributed by atoms with Crippen molar-refractivity contribution in [2.45, 2.75) is 59.9 Å². The summed E-state index contributed by atoms with van der Waals surface area (Å²) in [5.41, 5.74) is 2.24. The van der Waals surface area contributed by atoms with Gasteiger partial charge in [0.1, 0.15) is 11.9 Å². The molecule has 2 rings (SSSR count). The maximum atomic E-state index is 9.21. The third-order valence-electron chi connectivity index (χ3n) is 4.05. The topological polar surface area (TPSA) is 48.7 Å². The lowest BCUT2D eigenvalue weighted by Gasteiger charge is -2.45. The number of nitrogens with one attached hydrogen (secondary N) is 1. The Morgan fingerprint density at radius 2 is 1.80 bits per heavy atom. The van der Waals surface area contributed by atoms with Crippen molar-refractivity contribution in [3.05, 3.63) is 23.4 Å². The Morgan fingerprint density at radius 3 is 2.35 bits per heavy atom.